The third-order valence-corrected chi connectivity index (χ3v) is 7.17. The Hall–Kier alpha value is -3.21. The van der Waals surface area contributed by atoms with Crippen molar-refractivity contribution in [1.29, 1.82) is 0 Å². The van der Waals surface area contributed by atoms with Crippen molar-refractivity contribution in [1.82, 2.24) is 0 Å². The summed E-state index contributed by atoms with van der Waals surface area (Å²) in [6.07, 6.45) is 0. The fraction of sp³-hybridized carbons (Fsp3) is 0.0385. The first-order chi connectivity index (χ1) is 14.6. The Balaban J connectivity index is 1.72. The molecule has 0 aliphatic rings. The summed E-state index contributed by atoms with van der Waals surface area (Å²) in [6.45, 7) is 5.38. The van der Waals surface area contributed by atoms with Crippen molar-refractivity contribution in [2.24, 2.45) is 0 Å². The molecule has 2 nitrogen and oxygen atoms in total. The lowest BCUT2D eigenvalue weighted by Gasteiger charge is -2.12. The van der Waals surface area contributed by atoms with Crippen LogP contribution in [0, 0.1) is 0 Å². The molecule has 5 aromatic rings. The Bertz CT molecular complexity index is 1420. The van der Waals surface area contributed by atoms with Crippen LogP contribution in [0.2, 0.25) is 0 Å². The first-order valence-corrected chi connectivity index (χ1v) is 11.3. The van der Waals surface area contributed by atoms with E-state index in [0.717, 1.165) is 21.4 Å². The quantitative estimate of drug-likeness (QED) is 0.166. The lowest BCUT2D eigenvalue weighted by Crippen LogP contribution is -2.08. The van der Waals surface area contributed by atoms with Crippen LogP contribution in [0.4, 0.5) is 0 Å². The van der Waals surface area contributed by atoms with Crippen LogP contribution in [-0.4, -0.2) is 5.97 Å². The molecule has 0 aliphatic carbocycles. The van der Waals surface area contributed by atoms with Crippen molar-refractivity contribution >= 4 is 50.2 Å². The van der Waals surface area contributed by atoms with Crippen LogP contribution in [0.25, 0.3) is 42.4 Å². The number of carbonyl (C=O) groups excluding carboxylic acids is 1. The van der Waals surface area contributed by atoms with Crippen LogP contribution >= 0.6 is 22.7 Å². The van der Waals surface area contributed by atoms with Crippen molar-refractivity contribution in [2.75, 3.05) is 0 Å². The summed E-state index contributed by atoms with van der Waals surface area (Å²) in [5.74, 6) is 0.145. The Kier molecular flexibility index (Phi) is 4.74. The van der Waals surface area contributed by atoms with Crippen molar-refractivity contribution in [3.63, 3.8) is 0 Å². The molecule has 0 saturated carbocycles. The summed E-state index contributed by atoms with van der Waals surface area (Å²) >= 11 is 3.40. The summed E-state index contributed by atoms with van der Waals surface area (Å²) in [4.78, 5) is 14.6. The van der Waals surface area contributed by atoms with Gasteiger partial charge in [-0.1, -0.05) is 55.1 Å². The second kappa shape index (κ2) is 7.56. The molecule has 30 heavy (non-hydrogen) atoms. The van der Waals surface area contributed by atoms with E-state index in [9.17, 15) is 4.79 Å². The molecule has 0 radical (unpaired) electrons. The van der Waals surface area contributed by atoms with E-state index < -0.39 is 5.97 Å². The monoisotopic (exact) mass is 426 g/mol. The molecule has 0 saturated heterocycles. The molecule has 0 fully saturated rings. The van der Waals surface area contributed by atoms with Gasteiger partial charge in [0.25, 0.3) is 0 Å². The summed E-state index contributed by atoms with van der Waals surface area (Å²) in [6, 6.07) is 22.7. The van der Waals surface area contributed by atoms with Gasteiger partial charge in [-0.3, -0.25) is 0 Å². The van der Waals surface area contributed by atoms with Gasteiger partial charge in [-0.2, -0.15) is 0 Å². The van der Waals surface area contributed by atoms with E-state index in [1.807, 2.05) is 24.3 Å². The van der Waals surface area contributed by atoms with E-state index in [2.05, 4.69) is 59.8 Å². The lowest BCUT2D eigenvalue weighted by atomic mass is 10.0. The highest BCUT2D eigenvalue weighted by Gasteiger charge is 2.17. The molecule has 146 valence electrons. The van der Waals surface area contributed by atoms with Crippen LogP contribution in [0.15, 0.2) is 89.6 Å². The normalized spacial score (nSPS) is 11.1. The highest BCUT2D eigenvalue weighted by Crippen LogP contribution is 2.44. The van der Waals surface area contributed by atoms with Crippen molar-refractivity contribution in [3.05, 3.63) is 89.6 Å². The van der Waals surface area contributed by atoms with Crippen LogP contribution in [0.5, 0.6) is 5.75 Å². The molecule has 0 unspecified atom stereocenters. The van der Waals surface area contributed by atoms with Crippen molar-refractivity contribution < 1.29 is 9.53 Å². The largest absolute Gasteiger partial charge is 0.422 e. The molecule has 0 N–H and O–H groups in total. The second-order valence-corrected chi connectivity index (χ2v) is 8.94. The number of benzene rings is 3. The minimum absolute atomic E-state index is 0.380. The van der Waals surface area contributed by atoms with Gasteiger partial charge >= 0.3 is 5.97 Å². The van der Waals surface area contributed by atoms with Crippen LogP contribution in [0.1, 0.15) is 6.92 Å². The molecule has 0 amide bonds. The molecule has 0 atom stereocenters. The molecule has 0 spiro atoms. The third-order valence-electron chi connectivity index (χ3n) is 5.06. The van der Waals surface area contributed by atoms with Gasteiger partial charge in [0.05, 0.1) is 0 Å². The van der Waals surface area contributed by atoms with E-state index in [-0.39, 0.29) is 0 Å². The number of carbonyl (C=O) groups is 1. The lowest BCUT2D eigenvalue weighted by molar-refractivity contribution is -0.130. The van der Waals surface area contributed by atoms with Crippen LogP contribution < -0.4 is 4.74 Å². The van der Waals surface area contributed by atoms with Crippen LogP contribution in [-0.2, 0) is 4.79 Å². The van der Waals surface area contributed by atoms with Gasteiger partial charge in [-0.25, -0.2) is 4.79 Å². The highest BCUT2D eigenvalue weighted by atomic mass is 32.1. The van der Waals surface area contributed by atoms with E-state index in [0.29, 0.717) is 11.3 Å². The molecular formula is C26H18O2S2. The zero-order valence-electron chi connectivity index (χ0n) is 16.3. The molecule has 0 aliphatic heterocycles. The minimum Gasteiger partial charge on any atom is -0.422 e. The number of esters is 1. The molecule has 2 heterocycles. The van der Waals surface area contributed by atoms with Gasteiger partial charge in [-0.15, -0.1) is 22.7 Å². The molecule has 2 aromatic heterocycles. The number of fused-ring (bicyclic) bond motifs is 2. The van der Waals surface area contributed by atoms with Crippen LogP contribution in [0.3, 0.4) is 0 Å². The first-order valence-electron chi connectivity index (χ1n) is 9.57. The van der Waals surface area contributed by atoms with Gasteiger partial charge in [0.1, 0.15) is 5.75 Å². The maximum Gasteiger partial charge on any atom is 0.338 e. The fourth-order valence-electron chi connectivity index (χ4n) is 3.54. The number of hydrogen-bond acceptors (Lipinski definition) is 4. The predicted octanol–water partition coefficient (Wildman–Crippen LogP) is 7.93. The molecule has 5 rings (SSSR count). The first kappa shape index (κ1) is 18.8. The topological polar surface area (TPSA) is 26.3 Å². The summed E-state index contributed by atoms with van der Waals surface area (Å²) in [7, 11) is 0. The maximum absolute atomic E-state index is 12.3. The van der Waals surface area contributed by atoms with Gasteiger partial charge in [0.2, 0.25) is 0 Å². The number of rotatable bonds is 4. The summed E-state index contributed by atoms with van der Waals surface area (Å²) in [5, 5.41) is 9.13. The molecule has 0 bridgehead atoms. The SMILES string of the molecule is C=C(C)C(=O)Oc1ccc(-c2scc3ccccc23)cc1-c1scc2ccccc12. The number of ether oxygens (including phenoxy) is 1. The third kappa shape index (κ3) is 3.24. The zero-order valence-corrected chi connectivity index (χ0v) is 18.0. The van der Waals surface area contributed by atoms with E-state index in [1.165, 1.54) is 21.0 Å². The summed E-state index contributed by atoms with van der Waals surface area (Å²) in [5.41, 5.74) is 2.42. The number of thiophene rings is 2. The van der Waals surface area contributed by atoms with Gasteiger partial charge in [0.15, 0.2) is 0 Å². The number of hydrogen-bond donors (Lipinski definition) is 0. The highest BCUT2D eigenvalue weighted by molar-refractivity contribution is 7.16. The maximum atomic E-state index is 12.3. The minimum atomic E-state index is -0.411. The van der Waals surface area contributed by atoms with Gasteiger partial charge in [-0.05, 0) is 52.2 Å². The Morgan fingerprint density at radius 1 is 0.833 bits per heavy atom. The van der Waals surface area contributed by atoms with Gasteiger partial charge in [0, 0.05) is 31.7 Å². The average molecular weight is 427 g/mol. The molecular weight excluding hydrogens is 408 g/mol. The van der Waals surface area contributed by atoms with E-state index in [4.69, 9.17) is 4.74 Å². The Labute approximate surface area is 182 Å². The zero-order chi connectivity index (χ0) is 20.7. The second-order valence-electron chi connectivity index (χ2n) is 7.18. The molecule has 3 aromatic carbocycles. The Morgan fingerprint density at radius 3 is 2.10 bits per heavy atom. The predicted molar refractivity (Wildman–Crippen MR) is 129 cm³/mol. The van der Waals surface area contributed by atoms with Crippen molar-refractivity contribution in [2.45, 2.75) is 6.92 Å². The summed E-state index contributed by atoms with van der Waals surface area (Å²) < 4.78 is 5.71. The Morgan fingerprint density at radius 2 is 1.43 bits per heavy atom. The van der Waals surface area contributed by atoms with Gasteiger partial charge < -0.3 is 4.74 Å². The smallest absolute Gasteiger partial charge is 0.338 e. The van der Waals surface area contributed by atoms with E-state index in [1.54, 1.807) is 29.6 Å². The standard InChI is InChI=1S/C26H18O2S2/c1-16(2)26(27)28-23-12-11-17(24-20-9-5-3-7-18(20)14-29-24)13-22(23)25-21-10-6-4-8-19(21)15-30-25/h3-15H,1H2,2H3. The van der Waals surface area contributed by atoms with E-state index >= 15 is 0 Å². The average Bonchev–Trinajstić information content (AvgIpc) is 3.38. The van der Waals surface area contributed by atoms with Crippen molar-refractivity contribution in [3.8, 4) is 26.6 Å². The molecule has 4 heteroatoms. The fourth-order valence-corrected chi connectivity index (χ4v) is 5.62.